The Morgan fingerprint density at radius 2 is 1.91 bits per heavy atom. The second kappa shape index (κ2) is 13.8. The molecule has 0 N–H and O–H groups in total. The summed E-state index contributed by atoms with van der Waals surface area (Å²) in [6.07, 6.45) is -0.892. The number of benzene rings is 3. The van der Waals surface area contributed by atoms with Gasteiger partial charge in [0.25, 0.3) is 0 Å². The van der Waals surface area contributed by atoms with Gasteiger partial charge in [0, 0.05) is 29.6 Å². The minimum Gasteiger partial charge on any atom is -0.493 e. The van der Waals surface area contributed by atoms with Gasteiger partial charge in [0.2, 0.25) is 23.9 Å². The Kier molecular flexibility index (Phi) is 9.87. The molecule has 0 spiro atoms. The van der Waals surface area contributed by atoms with E-state index in [1.807, 2.05) is 30.3 Å². The van der Waals surface area contributed by atoms with Crippen LogP contribution < -0.4 is 14.2 Å². The second-order valence-electron chi connectivity index (χ2n) is 9.78. The highest BCUT2D eigenvalue weighted by molar-refractivity contribution is 14.1. The van der Waals surface area contributed by atoms with Crippen molar-refractivity contribution < 1.29 is 28.5 Å². The van der Waals surface area contributed by atoms with Crippen LogP contribution in [0.15, 0.2) is 64.2 Å². The summed E-state index contributed by atoms with van der Waals surface area (Å²) in [6, 6.07) is 20.0. The average molecular weight is 771 g/mol. The second-order valence-corrected chi connectivity index (χ2v) is 11.7. The van der Waals surface area contributed by atoms with Gasteiger partial charge in [0.1, 0.15) is 24.8 Å². The van der Waals surface area contributed by atoms with Gasteiger partial charge in [-0.25, -0.2) is 4.98 Å². The molecule has 1 amide bonds. The summed E-state index contributed by atoms with van der Waals surface area (Å²) in [4.78, 5) is 16.9. The van der Waals surface area contributed by atoms with Gasteiger partial charge in [-0.15, -0.1) is 5.10 Å². The summed E-state index contributed by atoms with van der Waals surface area (Å²) >= 11 is 5.66. The molecule has 10 nitrogen and oxygen atoms in total. The summed E-state index contributed by atoms with van der Waals surface area (Å²) in [7, 11) is 3.10. The van der Waals surface area contributed by atoms with Gasteiger partial charge < -0.3 is 23.7 Å². The van der Waals surface area contributed by atoms with Crippen LogP contribution in [0.2, 0.25) is 0 Å². The summed E-state index contributed by atoms with van der Waals surface area (Å²) < 4.78 is 30.7. The fraction of sp³-hybridized carbons (Fsp3) is 0.250. The van der Waals surface area contributed by atoms with E-state index in [9.17, 15) is 10.1 Å². The molecule has 0 saturated carbocycles. The molecule has 0 unspecified atom stereocenters. The monoisotopic (exact) mass is 770 g/mol. The number of pyridine rings is 1. The van der Waals surface area contributed by atoms with Crippen LogP contribution in [-0.2, 0) is 27.5 Å². The van der Waals surface area contributed by atoms with Crippen molar-refractivity contribution in [1.82, 2.24) is 9.99 Å². The number of rotatable bonds is 10. The van der Waals surface area contributed by atoms with Crippen LogP contribution in [0.25, 0.3) is 10.8 Å². The number of aryl methyl sites for hydroxylation is 1. The van der Waals surface area contributed by atoms with Gasteiger partial charge >= 0.3 is 0 Å². The summed E-state index contributed by atoms with van der Waals surface area (Å²) in [5.74, 6) is 1.06. The number of hydrogen-bond acceptors (Lipinski definition) is 9. The van der Waals surface area contributed by atoms with E-state index >= 15 is 0 Å². The van der Waals surface area contributed by atoms with Crippen LogP contribution in [0, 0.1) is 21.8 Å². The van der Waals surface area contributed by atoms with Gasteiger partial charge in [-0.05, 0) is 73.9 Å². The third-order valence-corrected chi connectivity index (χ3v) is 8.75. The van der Waals surface area contributed by atoms with Crippen LogP contribution in [0.5, 0.6) is 17.4 Å². The Labute approximate surface area is 276 Å². The Hall–Kier alpha value is -3.93. The number of nitrogens with zero attached hydrogens (tertiary/aromatic N) is 4. The number of fused-ring (bicyclic) bond motifs is 1. The lowest BCUT2D eigenvalue weighted by molar-refractivity contribution is -0.136. The minimum absolute atomic E-state index is 0.115. The van der Waals surface area contributed by atoms with Gasteiger partial charge in [-0.1, -0.05) is 42.5 Å². The SMILES string of the molecule is COCc1c(Br)c(C)nc(OC[C@H]2OC(c3cc(I)c(OCc4cccc5ccccc45)c(OC)c3)=NN2C(C)=O)c1C#N. The number of carbonyl (C=O) groups excluding carboxylic acids is 1. The number of nitriles is 1. The van der Waals surface area contributed by atoms with E-state index in [4.69, 9.17) is 23.7 Å². The van der Waals surface area contributed by atoms with Crippen molar-refractivity contribution in [2.75, 3.05) is 20.8 Å². The van der Waals surface area contributed by atoms with Crippen LogP contribution >= 0.6 is 38.5 Å². The maximum absolute atomic E-state index is 12.5. The fourth-order valence-electron chi connectivity index (χ4n) is 4.78. The molecule has 5 rings (SSSR count). The number of hydrazone groups is 1. The third-order valence-electron chi connectivity index (χ3n) is 6.90. The zero-order chi connectivity index (χ0) is 31.4. The Morgan fingerprint density at radius 1 is 1.14 bits per heavy atom. The molecule has 12 heteroatoms. The quantitative estimate of drug-likeness (QED) is 0.169. The third kappa shape index (κ3) is 6.45. The topological polar surface area (TPSA) is 116 Å². The number of methoxy groups -OCH3 is 2. The molecule has 1 aliphatic heterocycles. The first-order chi connectivity index (χ1) is 21.2. The maximum Gasteiger partial charge on any atom is 0.243 e. The number of amides is 1. The zero-order valence-corrected chi connectivity index (χ0v) is 28.1. The first-order valence-corrected chi connectivity index (χ1v) is 15.4. The molecular weight excluding hydrogens is 743 g/mol. The van der Waals surface area contributed by atoms with Crippen molar-refractivity contribution in [3.8, 4) is 23.4 Å². The smallest absolute Gasteiger partial charge is 0.243 e. The van der Waals surface area contributed by atoms with Crippen molar-refractivity contribution in [2.45, 2.75) is 33.3 Å². The van der Waals surface area contributed by atoms with Crippen molar-refractivity contribution in [3.63, 3.8) is 0 Å². The van der Waals surface area contributed by atoms with Crippen molar-refractivity contribution in [3.05, 3.63) is 90.6 Å². The lowest BCUT2D eigenvalue weighted by Gasteiger charge is -2.20. The highest BCUT2D eigenvalue weighted by Gasteiger charge is 2.34. The normalized spacial score (nSPS) is 14.2. The molecule has 4 aromatic rings. The highest BCUT2D eigenvalue weighted by atomic mass is 127. The molecular formula is C32H28BrIN4O6. The molecule has 2 heterocycles. The standard InChI is InChI=1S/C32H28BrIN4O6/c1-18-29(33)25(16-40-3)24(14-35)32(36-18)43-17-28-38(19(2)39)37-31(44-28)22-12-26(34)30(27(13-22)41-4)42-15-21-10-7-9-20-8-5-6-11-23(20)21/h5-13,28H,15-17H2,1-4H3/t28-/m1/s1. The number of ether oxygens (including phenoxy) is 5. The molecule has 1 aromatic heterocycles. The van der Waals surface area contributed by atoms with Crippen LogP contribution in [0.4, 0.5) is 0 Å². The Balaban J connectivity index is 1.36. The number of halogens is 2. The van der Waals surface area contributed by atoms with E-state index in [1.165, 1.54) is 11.9 Å². The van der Waals surface area contributed by atoms with Crippen LogP contribution in [0.1, 0.15) is 34.9 Å². The molecule has 0 bridgehead atoms. The molecule has 226 valence electrons. The first-order valence-electron chi connectivity index (χ1n) is 13.5. The van der Waals surface area contributed by atoms with Crippen molar-refractivity contribution >= 4 is 61.1 Å². The number of aromatic nitrogens is 1. The van der Waals surface area contributed by atoms with E-state index < -0.39 is 6.23 Å². The van der Waals surface area contributed by atoms with E-state index in [1.54, 1.807) is 27.2 Å². The van der Waals surface area contributed by atoms with E-state index in [2.05, 4.69) is 72.9 Å². The summed E-state index contributed by atoms with van der Waals surface area (Å²) in [5.41, 5.74) is 3.13. The zero-order valence-electron chi connectivity index (χ0n) is 24.4. The average Bonchev–Trinajstić information content (AvgIpc) is 3.46. The molecule has 1 atom stereocenters. The van der Waals surface area contributed by atoms with Gasteiger partial charge in [-0.2, -0.15) is 10.3 Å². The predicted octanol–water partition coefficient (Wildman–Crippen LogP) is 6.46. The molecule has 0 saturated heterocycles. The number of hydrogen-bond donors (Lipinski definition) is 0. The maximum atomic E-state index is 12.5. The molecule has 3 aromatic carbocycles. The van der Waals surface area contributed by atoms with Gasteiger partial charge in [0.05, 0.1) is 23.0 Å². The van der Waals surface area contributed by atoms with Crippen molar-refractivity contribution in [1.29, 1.82) is 5.26 Å². The lowest BCUT2D eigenvalue weighted by Crippen LogP contribution is -2.37. The summed E-state index contributed by atoms with van der Waals surface area (Å²) in [5, 5.41) is 17.7. The van der Waals surface area contributed by atoms with Gasteiger partial charge in [-0.3, -0.25) is 4.79 Å². The Bertz CT molecular complexity index is 1800. The van der Waals surface area contributed by atoms with Gasteiger partial charge in [0.15, 0.2) is 11.5 Å². The predicted molar refractivity (Wildman–Crippen MR) is 176 cm³/mol. The van der Waals surface area contributed by atoms with E-state index in [-0.39, 0.29) is 36.5 Å². The Morgan fingerprint density at radius 3 is 2.64 bits per heavy atom. The fourth-order valence-corrected chi connectivity index (χ4v) is 5.94. The van der Waals surface area contributed by atoms with Crippen LogP contribution in [-0.4, -0.2) is 48.9 Å². The molecule has 44 heavy (non-hydrogen) atoms. The molecule has 1 aliphatic rings. The van der Waals surface area contributed by atoms with Crippen molar-refractivity contribution in [2.24, 2.45) is 5.10 Å². The number of carbonyl (C=O) groups is 1. The summed E-state index contributed by atoms with van der Waals surface area (Å²) in [6.45, 7) is 3.59. The minimum atomic E-state index is -0.892. The largest absolute Gasteiger partial charge is 0.493 e. The highest BCUT2D eigenvalue weighted by Crippen LogP contribution is 2.36. The first kappa shape index (κ1) is 31.5. The molecule has 0 radical (unpaired) electrons. The van der Waals surface area contributed by atoms with E-state index in [0.717, 1.165) is 19.9 Å². The molecule has 0 fully saturated rings. The van der Waals surface area contributed by atoms with E-state index in [0.29, 0.717) is 39.4 Å². The lowest BCUT2D eigenvalue weighted by atomic mass is 10.1. The van der Waals surface area contributed by atoms with Crippen LogP contribution in [0.3, 0.4) is 0 Å². The molecule has 0 aliphatic carbocycles.